The van der Waals surface area contributed by atoms with E-state index in [0.29, 0.717) is 17.1 Å². The van der Waals surface area contributed by atoms with Gasteiger partial charge in [-0.2, -0.15) is 0 Å². The molecule has 2 rings (SSSR count). The van der Waals surface area contributed by atoms with E-state index in [1.54, 1.807) is 18.2 Å². The van der Waals surface area contributed by atoms with E-state index in [9.17, 15) is 14.0 Å². The molecule has 22 heavy (non-hydrogen) atoms. The third-order valence-corrected chi connectivity index (χ3v) is 2.82. The van der Waals surface area contributed by atoms with Crippen molar-refractivity contribution in [1.29, 1.82) is 0 Å². The van der Waals surface area contributed by atoms with Gasteiger partial charge in [-0.3, -0.25) is 4.79 Å². The maximum Gasteiger partial charge on any atom is 0.323 e. The highest BCUT2D eigenvalue weighted by Gasteiger charge is 2.06. The average Bonchev–Trinajstić information content (AvgIpc) is 2.42. The third-order valence-electron chi connectivity index (χ3n) is 2.53. The zero-order valence-corrected chi connectivity index (χ0v) is 12.3. The average molecular weight is 323 g/mol. The van der Waals surface area contributed by atoms with Crippen molar-refractivity contribution in [2.45, 2.75) is 6.92 Å². The standard InChI is InChI=1S/C15H12ClFN2O3/c1-9(20)22-12-4-2-3-10(7-12)18-15(21)19-11-5-6-14(17)13(16)8-11/h2-8H,1H3,(H2,18,19,21). The van der Waals surface area contributed by atoms with Crippen LogP contribution in [0, 0.1) is 5.82 Å². The summed E-state index contributed by atoms with van der Waals surface area (Å²) in [7, 11) is 0. The Kier molecular flexibility index (Phi) is 4.95. The van der Waals surface area contributed by atoms with Crippen LogP contribution in [0.15, 0.2) is 42.5 Å². The van der Waals surface area contributed by atoms with Gasteiger partial charge >= 0.3 is 12.0 Å². The minimum atomic E-state index is -0.568. The van der Waals surface area contributed by atoms with E-state index < -0.39 is 17.8 Å². The normalized spacial score (nSPS) is 9.95. The quantitative estimate of drug-likeness (QED) is 0.661. The van der Waals surface area contributed by atoms with Gasteiger partial charge < -0.3 is 15.4 Å². The van der Waals surface area contributed by atoms with Gasteiger partial charge in [-0.1, -0.05) is 17.7 Å². The molecule has 5 nitrogen and oxygen atoms in total. The molecule has 0 radical (unpaired) electrons. The summed E-state index contributed by atoms with van der Waals surface area (Å²) in [6, 6.07) is 9.64. The van der Waals surface area contributed by atoms with Crippen molar-refractivity contribution in [3.05, 3.63) is 53.3 Å². The second-order valence-electron chi connectivity index (χ2n) is 4.33. The van der Waals surface area contributed by atoms with Gasteiger partial charge in [0, 0.05) is 24.4 Å². The monoisotopic (exact) mass is 322 g/mol. The summed E-state index contributed by atoms with van der Waals surface area (Å²) in [4.78, 5) is 22.7. The van der Waals surface area contributed by atoms with Crippen LogP contribution in [0.1, 0.15) is 6.92 Å². The molecule has 0 saturated carbocycles. The number of benzene rings is 2. The van der Waals surface area contributed by atoms with Crippen LogP contribution in [0.5, 0.6) is 5.75 Å². The summed E-state index contributed by atoms with van der Waals surface area (Å²) in [5, 5.41) is 4.98. The molecular formula is C15H12ClFN2O3. The molecule has 2 amide bonds. The van der Waals surface area contributed by atoms with E-state index in [2.05, 4.69) is 10.6 Å². The van der Waals surface area contributed by atoms with Gasteiger partial charge in [0.2, 0.25) is 0 Å². The fraction of sp³-hybridized carbons (Fsp3) is 0.0667. The van der Waals surface area contributed by atoms with Crippen molar-refractivity contribution in [3.63, 3.8) is 0 Å². The van der Waals surface area contributed by atoms with Crippen molar-refractivity contribution in [2.75, 3.05) is 10.6 Å². The fourth-order valence-corrected chi connectivity index (χ4v) is 1.85. The predicted octanol–water partition coefficient (Wildman–Crippen LogP) is 4.05. The van der Waals surface area contributed by atoms with Gasteiger partial charge in [0.15, 0.2) is 0 Å². The lowest BCUT2D eigenvalue weighted by Crippen LogP contribution is -2.19. The van der Waals surface area contributed by atoms with Crippen molar-refractivity contribution in [1.82, 2.24) is 0 Å². The molecule has 2 aromatic rings. The topological polar surface area (TPSA) is 67.4 Å². The number of amides is 2. The van der Waals surface area contributed by atoms with Crippen molar-refractivity contribution < 1.29 is 18.7 Å². The Morgan fingerprint density at radius 2 is 1.77 bits per heavy atom. The highest BCUT2D eigenvalue weighted by molar-refractivity contribution is 6.31. The van der Waals surface area contributed by atoms with Gasteiger partial charge in [-0.25, -0.2) is 9.18 Å². The molecule has 0 fully saturated rings. The fourth-order valence-electron chi connectivity index (χ4n) is 1.67. The van der Waals surface area contributed by atoms with Crippen molar-refractivity contribution in [2.24, 2.45) is 0 Å². The molecule has 2 N–H and O–H groups in total. The molecule has 0 heterocycles. The molecular weight excluding hydrogens is 311 g/mol. The summed E-state index contributed by atoms with van der Waals surface area (Å²) in [5.41, 5.74) is 0.782. The molecule has 0 bridgehead atoms. The largest absolute Gasteiger partial charge is 0.427 e. The van der Waals surface area contributed by atoms with Crippen molar-refractivity contribution >= 4 is 35.0 Å². The van der Waals surface area contributed by atoms with E-state index in [1.165, 1.54) is 25.1 Å². The summed E-state index contributed by atoms with van der Waals surface area (Å²) in [6.07, 6.45) is 0. The molecule has 0 aliphatic heterocycles. The first-order chi connectivity index (χ1) is 10.4. The van der Waals surface area contributed by atoms with Crippen molar-refractivity contribution in [3.8, 4) is 5.75 Å². The molecule has 2 aromatic carbocycles. The molecule has 0 aromatic heterocycles. The highest BCUT2D eigenvalue weighted by Crippen LogP contribution is 2.20. The van der Waals surface area contributed by atoms with Crippen LogP contribution in [-0.2, 0) is 4.79 Å². The van der Waals surface area contributed by atoms with Crippen LogP contribution >= 0.6 is 11.6 Å². The molecule has 0 atom stereocenters. The highest BCUT2D eigenvalue weighted by atomic mass is 35.5. The molecule has 0 aliphatic rings. The molecule has 7 heteroatoms. The Bertz CT molecular complexity index is 722. The first-order valence-electron chi connectivity index (χ1n) is 6.25. The lowest BCUT2D eigenvalue weighted by molar-refractivity contribution is -0.131. The zero-order chi connectivity index (χ0) is 16.1. The van der Waals surface area contributed by atoms with Gasteiger partial charge in [-0.05, 0) is 30.3 Å². The van der Waals surface area contributed by atoms with Gasteiger partial charge in [-0.15, -0.1) is 0 Å². The maximum absolute atomic E-state index is 13.0. The summed E-state index contributed by atoms with van der Waals surface area (Å²) >= 11 is 5.63. The minimum Gasteiger partial charge on any atom is -0.427 e. The second-order valence-corrected chi connectivity index (χ2v) is 4.74. The first kappa shape index (κ1) is 15.8. The Morgan fingerprint density at radius 1 is 1.09 bits per heavy atom. The van der Waals surface area contributed by atoms with E-state index >= 15 is 0 Å². The number of ether oxygens (including phenoxy) is 1. The molecule has 0 saturated heterocycles. The number of halogens is 2. The van der Waals surface area contributed by atoms with Gasteiger partial charge in [0.05, 0.1) is 5.02 Å². The number of carbonyl (C=O) groups is 2. The lowest BCUT2D eigenvalue weighted by Gasteiger charge is -2.09. The second kappa shape index (κ2) is 6.91. The molecule has 0 unspecified atom stereocenters. The number of hydrogen-bond acceptors (Lipinski definition) is 3. The van der Waals surface area contributed by atoms with Crippen LogP contribution < -0.4 is 15.4 Å². The SMILES string of the molecule is CC(=O)Oc1cccc(NC(=O)Nc2ccc(F)c(Cl)c2)c1. The van der Waals surface area contributed by atoms with Crippen LogP contribution in [-0.4, -0.2) is 12.0 Å². The number of hydrogen-bond donors (Lipinski definition) is 2. The first-order valence-corrected chi connectivity index (χ1v) is 6.63. The minimum absolute atomic E-state index is 0.0883. The van der Waals surface area contributed by atoms with Crippen LogP contribution in [0.25, 0.3) is 0 Å². The van der Waals surface area contributed by atoms with Crippen LogP contribution in [0.3, 0.4) is 0 Å². The Hall–Kier alpha value is -2.60. The van der Waals surface area contributed by atoms with E-state index in [-0.39, 0.29) is 5.02 Å². The number of esters is 1. The number of rotatable bonds is 3. The Balaban J connectivity index is 2.02. The molecule has 114 valence electrons. The van der Waals surface area contributed by atoms with Crippen LogP contribution in [0.4, 0.5) is 20.6 Å². The Labute approximate surface area is 131 Å². The van der Waals surface area contributed by atoms with E-state index in [0.717, 1.165) is 6.07 Å². The lowest BCUT2D eigenvalue weighted by atomic mass is 10.3. The summed E-state index contributed by atoms with van der Waals surface area (Å²) in [5.74, 6) is -0.709. The van der Waals surface area contributed by atoms with E-state index in [1.807, 2.05) is 0 Å². The van der Waals surface area contributed by atoms with Gasteiger partial charge in [0.25, 0.3) is 0 Å². The zero-order valence-electron chi connectivity index (χ0n) is 11.5. The number of carbonyl (C=O) groups excluding carboxylic acids is 2. The summed E-state index contributed by atoms with van der Waals surface area (Å²) < 4.78 is 17.9. The van der Waals surface area contributed by atoms with Crippen LogP contribution in [0.2, 0.25) is 5.02 Å². The number of urea groups is 1. The van der Waals surface area contributed by atoms with Gasteiger partial charge in [0.1, 0.15) is 11.6 Å². The Morgan fingerprint density at radius 3 is 2.41 bits per heavy atom. The predicted molar refractivity (Wildman–Crippen MR) is 81.8 cm³/mol. The maximum atomic E-state index is 13.0. The number of nitrogens with one attached hydrogen (secondary N) is 2. The summed E-state index contributed by atoms with van der Waals surface area (Å²) in [6.45, 7) is 1.28. The van der Waals surface area contributed by atoms with E-state index in [4.69, 9.17) is 16.3 Å². The number of anilines is 2. The molecule has 0 aliphatic carbocycles. The smallest absolute Gasteiger partial charge is 0.323 e. The molecule has 0 spiro atoms. The third kappa shape index (κ3) is 4.46.